The van der Waals surface area contributed by atoms with Gasteiger partial charge in [0.1, 0.15) is 6.61 Å². The molecule has 0 atom stereocenters. The molecule has 0 aliphatic heterocycles. The Morgan fingerprint density at radius 2 is 1.59 bits per heavy atom. The lowest BCUT2D eigenvalue weighted by Crippen LogP contribution is -2.07. The Kier molecular flexibility index (Phi) is 7.83. The highest BCUT2D eigenvalue weighted by atomic mass is 79.9. The van der Waals surface area contributed by atoms with E-state index in [2.05, 4.69) is 21.2 Å². The van der Waals surface area contributed by atoms with Gasteiger partial charge in [-0.2, -0.15) is 0 Å². The quantitative estimate of drug-likeness (QED) is 0.330. The number of methoxy groups -OCH3 is 1. The minimum Gasteiger partial charge on any atom is -0.493 e. The molecule has 3 nitrogen and oxygen atoms in total. The van der Waals surface area contributed by atoms with Gasteiger partial charge in [-0.3, -0.25) is 0 Å². The number of ether oxygens (including phenoxy) is 2. The van der Waals surface area contributed by atoms with Crippen LogP contribution >= 0.6 is 62.3 Å². The van der Waals surface area contributed by atoms with Gasteiger partial charge >= 0.3 is 0 Å². The average Bonchev–Trinajstić information content (AvgIpc) is 2.69. The maximum absolute atomic E-state index is 6.27. The SMILES string of the molecule is COc1ccc(Br)c(CNc2ccc(Cl)c(Cl)c2)c1OCc1c(Cl)cccc1Cl. The fourth-order valence-electron chi connectivity index (χ4n) is 2.68. The highest BCUT2D eigenvalue weighted by Crippen LogP contribution is 2.38. The van der Waals surface area contributed by atoms with Crippen molar-refractivity contribution in [3.8, 4) is 11.5 Å². The summed E-state index contributed by atoms with van der Waals surface area (Å²) in [5.74, 6) is 1.19. The minimum atomic E-state index is 0.199. The van der Waals surface area contributed by atoms with Crippen molar-refractivity contribution in [2.75, 3.05) is 12.4 Å². The predicted octanol–water partition coefficient (Wildman–Crippen LogP) is 8.26. The van der Waals surface area contributed by atoms with E-state index in [1.54, 1.807) is 37.4 Å². The molecule has 0 spiro atoms. The molecular formula is C21H16BrCl4NO2. The lowest BCUT2D eigenvalue weighted by molar-refractivity contribution is 0.281. The van der Waals surface area contributed by atoms with Crippen LogP contribution in [0.5, 0.6) is 11.5 Å². The Labute approximate surface area is 197 Å². The molecule has 0 radical (unpaired) electrons. The molecule has 0 saturated carbocycles. The van der Waals surface area contributed by atoms with E-state index in [1.807, 2.05) is 18.2 Å². The maximum atomic E-state index is 6.27. The average molecular weight is 536 g/mol. The second-order valence-electron chi connectivity index (χ2n) is 6.03. The molecule has 0 aromatic heterocycles. The zero-order valence-corrected chi connectivity index (χ0v) is 19.8. The Morgan fingerprint density at radius 3 is 2.24 bits per heavy atom. The maximum Gasteiger partial charge on any atom is 0.167 e. The Bertz CT molecular complexity index is 1010. The van der Waals surface area contributed by atoms with Gasteiger partial charge in [-0.05, 0) is 42.5 Å². The summed E-state index contributed by atoms with van der Waals surface area (Å²) in [4.78, 5) is 0. The Morgan fingerprint density at radius 1 is 0.862 bits per heavy atom. The van der Waals surface area contributed by atoms with Crippen molar-refractivity contribution in [3.05, 3.63) is 84.2 Å². The van der Waals surface area contributed by atoms with Gasteiger partial charge in [0, 0.05) is 37.9 Å². The third kappa shape index (κ3) is 5.44. The van der Waals surface area contributed by atoms with Crippen LogP contribution in [0.1, 0.15) is 11.1 Å². The van der Waals surface area contributed by atoms with Crippen LogP contribution in [0.3, 0.4) is 0 Å². The van der Waals surface area contributed by atoms with Crippen molar-refractivity contribution in [2.45, 2.75) is 13.2 Å². The van der Waals surface area contributed by atoms with E-state index in [9.17, 15) is 0 Å². The number of nitrogens with one attached hydrogen (secondary N) is 1. The summed E-state index contributed by atoms with van der Waals surface area (Å²) >= 11 is 28.2. The third-order valence-electron chi connectivity index (χ3n) is 4.20. The zero-order valence-electron chi connectivity index (χ0n) is 15.2. The first kappa shape index (κ1) is 22.4. The van der Waals surface area contributed by atoms with E-state index in [0.29, 0.717) is 43.7 Å². The smallest absolute Gasteiger partial charge is 0.167 e. The lowest BCUT2D eigenvalue weighted by Gasteiger charge is -2.18. The third-order valence-corrected chi connectivity index (χ3v) is 6.39. The molecule has 0 heterocycles. The molecule has 0 bridgehead atoms. The molecule has 29 heavy (non-hydrogen) atoms. The van der Waals surface area contributed by atoms with Crippen LogP contribution in [-0.4, -0.2) is 7.11 Å². The van der Waals surface area contributed by atoms with Crippen LogP contribution in [0.2, 0.25) is 20.1 Å². The van der Waals surface area contributed by atoms with Gasteiger partial charge in [0.2, 0.25) is 0 Å². The highest BCUT2D eigenvalue weighted by Gasteiger charge is 2.16. The van der Waals surface area contributed by atoms with Gasteiger partial charge in [-0.15, -0.1) is 0 Å². The molecule has 3 rings (SSSR count). The number of benzene rings is 3. The number of hydrogen-bond acceptors (Lipinski definition) is 3. The second-order valence-corrected chi connectivity index (χ2v) is 8.51. The molecule has 0 unspecified atom stereocenters. The van der Waals surface area contributed by atoms with E-state index in [0.717, 1.165) is 15.7 Å². The molecule has 1 N–H and O–H groups in total. The van der Waals surface area contributed by atoms with Gasteiger partial charge in [-0.1, -0.05) is 68.4 Å². The van der Waals surface area contributed by atoms with Crippen LogP contribution in [0, 0.1) is 0 Å². The molecule has 0 aliphatic rings. The molecule has 0 aliphatic carbocycles. The summed E-state index contributed by atoms with van der Waals surface area (Å²) in [5, 5.41) is 5.39. The zero-order chi connectivity index (χ0) is 21.0. The fraction of sp³-hybridized carbons (Fsp3) is 0.143. The van der Waals surface area contributed by atoms with E-state index in [1.165, 1.54) is 0 Å². The summed E-state index contributed by atoms with van der Waals surface area (Å²) in [6.45, 7) is 0.659. The number of anilines is 1. The van der Waals surface area contributed by atoms with Crippen molar-refractivity contribution in [2.24, 2.45) is 0 Å². The van der Waals surface area contributed by atoms with Crippen molar-refractivity contribution >= 4 is 68.0 Å². The first-order valence-corrected chi connectivity index (χ1v) is 10.8. The van der Waals surface area contributed by atoms with Crippen molar-refractivity contribution in [1.82, 2.24) is 0 Å². The van der Waals surface area contributed by atoms with E-state index in [-0.39, 0.29) is 6.61 Å². The molecule has 0 saturated heterocycles. The largest absolute Gasteiger partial charge is 0.493 e. The molecule has 0 fully saturated rings. The summed E-state index contributed by atoms with van der Waals surface area (Å²) in [6.07, 6.45) is 0. The van der Waals surface area contributed by atoms with Crippen molar-refractivity contribution in [1.29, 1.82) is 0 Å². The number of rotatable bonds is 7. The Hall–Kier alpha value is -1.30. The van der Waals surface area contributed by atoms with Crippen LogP contribution in [0.4, 0.5) is 5.69 Å². The molecule has 0 amide bonds. The monoisotopic (exact) mass is 533 g/mol. The Balaban J connectivity index is 1.87. The van der Waals surface area contributed by atoms with Gasteiger partial charge in [0.15, 0.2) is 11.5 Å². The van der Waals surface area contributed by atoms with E-state index in [4.69, 9.17) is 55.9 Å². The van der Waals surface area contributed by atoms with Crippen LogP contribution in [-0.2, 0) is 13.2 Å². The van der Waals surface area contributed by atoms with Crippen molar-refractivity contribution in [3.63, 3.8) is 0 Å². The molecular weight excluding hydrogens is 520 g/mol. The second kappa shape index (κ2) is 10.1. The highest BCUT2D eigenvalue weighted by molar-refractivity contribution is 9.10. The standard InChI is InChI=1S/C21H16BrCl4NO2/c1-28-20-8-6-15(22)13(10-27-12-5-7-18(25)19(26)9-12)21(20)29-11-14-16(23)3-2-4-17(14)24/h2-9,27H,10-11H2,1H3. The topological polar surface area (TPSA) is 30.5 Å². The van der Waals surface area contributed by atoms with Gasteiger partial charge in [0.05, 0.1) is 17.2 Å². The van der Waals surface area contributed by atoms with E-state index >= 15 is 0 Å². The summed E-state index contributed by atoms with van der Waals surface area (Å²) in [6, 6.07) is 14.4. The summed E-state index contributed by atoms with van der Waals surface area (Å²) < 4.78 is 12.5. The number of hydrogen-bond donors (Lipinski definition) is 1. The van der Waals surface area contributed by atoms with Gasteiger partial charge in [0.25, 0.3) is 0 Å². The minimum absolute atomic E-state index is 0.199. The molecule has 8 heteroatoms. The first-order chi connectivity index (χ1) is 13.9. The lowest BCUT2D eigenvalue weighted by atomic mass is 10.1. The molecule has 152 valence electrons. The normalized spacial score (nSPS) is 10.7. The molecule has 3 aromatic rings. The summed E-state index contributed by atoms with van der Waals surface area (Å²) in [5.41, 5.74) is 2.41. The van der Waals surface area contributed by atoms with Crippen LogP contribution in [0.25, 0.3) is 0 Å². The van der Waals surface area contributed by atoms with Gasteiger partial charge in [-0.25, -0.2) is 0 Å². The van der Waals surface area contributed by atoms with Crippen molar-refractivity contribution < 1.29 is 9.47 Å². The van der Waals surface area contributed by atoms with Crippen LogP contribution < -0.4 is 14.8 Å². The van der Waals surface area contributed by atoms with Gasteiger partial charge < -0.3 is 14.8 Å². The predicted molar refractivity (Wildman–Crippen MR) is 125 cm³/mol. The number of halogens is 5. The fourth-order valence-corrected chi connectivity index (χ4v) is 3.93. The van der Waals surface area contributed by atoms with E-state index < -0.39 is 0 Å². The first-order valence-electron chi connectivity index (χ1n) is 8.50. The van der Waals surface area contributed by atoms with Crippen LogP contribution in [0.15, 0.2) is 53.0 Å². The molecule has 3 aromatic carbocycles. The summed E-state index contributed by atoms with van der Waals surface area (Å²) in [7, 11) is 1.59.